The highest BCUT2D eigenvalue weighted by atomic mass is 16.5. The van der Waals surface area contributed by atoms with Crippen LogP contribution in [0.5, 0.6) is 0 Å². The first kappa shape index (κ1) is 7.56. The van der Waals surface area contributed by atoms with Gasteiger partial charge >= 0.3 is 0 Å². The Bertz CT molecular complexity index is 136. The fraction of sp³-hybridized carbons (Fsp3) is 1.00. The Kier molecular flexibility index (Phi) is 2.14. The van der Waals surface area contributed by atoms with Gasteiger partial charge in [0.15, 0.2) is 0 Å². The van der Waals surface area contributed by atoms with Crippen molar-refractivity contribution in [2.24, 2.45) is 11.8 Å². The Morgan fingerprint density at radius 3 is 2.91 bits per heavy atom. The van der Waals surface area contributed by atoms with E-state index in [2.05, 4.69) is 0 Å². The minimum absolute atomic E-state index is 0.0191. The first-order valence-corrected chi connectivity index (χ1v) is 4.62. The lowest BCUT2D eigenvalue weighted by atomic mass is 9.76. The minimum Gasteiger partial charge on any atom is -0.393 e. The summed E-state index contributed by atoms with van der Waals surface area (Å²) in [5.74, 6) is 1.51. The van der Waals surface area contributed by atoms with Crippen LogP contribution in [0, 0.1) is 11.8 Å². The van der Waals surface area contributed by atoms with E-state index in [1.165, 1.54) is 12.8 Å². The number of ether oxygens (including phenoxy) is 1. The summed E-state index contributed by atoms with van der Waals surface area (Å²) in [5, 5.41) is 9.41. The van der Waals surface area contributed by atoms with Gasteiger partial charge in [-0.25, -0.2) is 0 Å². The second-order valence-corrected chi connectivity index (χ2v) is 3.85. The molecule has 0 aromatic rings. The fourth-order valence-corrected chi connectivity index (χ4v) is 2.34. The first-order chi connectivity index (χ1) is 5.36. The molecule has 2 heteroatoms. The van der Waals surface area contributed by atoms with Crippen LogP contribution < -0.4 is 0 Å². The van der Waals surface area contributed by atoms with Crippen molar-refractivity contribution in [3.8, 4) is 0 Å². The summed E-state index contributed by atoms with van der Waals surface area (Å²) in [6.07, 6.45) is 4.33. The maximum Gasteiger partial charge on any atom is 0.0543 e. The predicted molar refractivity (Wildman–Crippen MR) is 42.3 cm³/mol. The zero-order chi connectivity index (χ0) is 7.68. The van der Waals surface area contributed by atoms with Crippen molar-refractivity contribution in [3.05, 3.63) is 0 Å². The highest BCUT2D eigenvalue weighted by molar-refractivity contribution is 4.81. The topological polar surface area (TPSA) is 29.5 Å². The van der Waals surface area contributed by atoms with Crippen LogP contribution in [-0.4, -0.2) is 24.4 Å². The van der Waals surface area contributed by atoms with Gasteiger partial charge in [-0.15, -0.1) is 0 Å². The van der Waals surface area contributed by atoms with Gasteiger partial charge in [0.25, 0.3) is 0 Å². The van der Waals surface area contributed by atoms with E-state index in [1.807, 2.05) is 0 Å². The molecule has 1 saturated heterocycles. The Morgan fingerprint density at radius 1 is 1.09 bits per heavy atom. The van der Waals surface area contributed by atoms with Gasteiger partial charge in [-0.2, -0.15) is 0 Å². The van der Waals surface area contributed by atoms with Crippen LogP contribution in [0.4, 0.5) is 0 Å². The van der Waals surface area contributed by atoms with Gasteiger partial charge in [-0.3, -0.25) is 0 Å². The largest absolute Gasteiger partial charge is 0.393 e. The highest BCUT2D eigenvalue weighted by Gasteiger charge is 2.31. The number of fused-ring (bicyclic) bond motifs is 1. The van der Waals surface area contributed by atoms with Crippen molar-refractivity contribution in [1.82, 2.24) is 0 Å². The molecular weight excluding hydrogens is 140 g/mol. The maximum absolute atomic E-state index is 9.41. The van der Waals surface area contributed by atoms with Crippen LogP contribution in [0.25, 0.3) is 0 Å². The molecule has 2 rings (SSSR count). The van der Waals surface area contributed by atoms with Crippen molar-refractivity contribution in [2.75, 3.05) is 13.2 Å². The Labute approximate surface area is 67.6 Å². The van der Waals surface area contributed by atoms with E-state index in [0.29, 0.717) is 0 Å². The number of hydrogen-bond donors (Lipinski definition) is 1. The second-order valence-electron chi connectivity index (χ2n) is 3.85. The van der Waals surface area contributed by atoms with Crippen LogP contribution in [0.1, 0.15) is 25.7 Å². The average Bonchev–Trinajstić information content (AvgIpc) is 2.04. The van der Waals surface area contributed by atoms with Crippen molar-refractivity contribution >= 4 is 0 Å². The lowest BCUT2D eigenvalue weighted by molar-refractivity contribution is -0.0328. The third kappa shape index (κ3) is 1.57. The molecule has 2 fully saturated rings. The molecule has 0 bridgehead atoms. The Hall–Kier alpha value is -0.0800. The summed E-state index contributed by atoms with van der Waals surface area (Å²) >= 11 is 0. The van der Waals surface area contributed by atoms with Crippen LogP contribution in [0.2, 0.25) is 0 Å². The normalized spacial score (nSPS) is 45.0. The van der Waals surface area contributed by atoms with Crippen molar-refractivity contribution < 1.29 is 9.84 Å². The third-order valence-electron chi connectivity index (χ3n) is 3.08. The van der Waals surface area contributed by atoms with E-state index < -0.39 is 0 Å². The standard InChI is InChI=1S/C9H16O2/c10-9-2-1-8-6-11-4-3-7(8)5-9/h7-10H,1-6H2. The zero-order valence-corrected chi connectivity index (χ0v) is 6.83. The number of rotatable bonds is 0. The van der Waals surface area contributed by atoms with Crippen LogP contribution in [0.15, 0.2) is 0 Å². The summed E-state index contributed by atoms with van der Waals surface area (Å²) in [6.45, 7) is 1.85. The van der Waals surface area contributed by atoms with Crippen LogP contribution in [-0.2, 0) is 4.74 Å². The van der Waals surface area contributed by atoms with Crippen LogP contribution >= 0.6 is 0 Å². The molecule has 0 aromatic carbocycles. The van der Waals surface area contributed by atoms with Gasteiger partial charge < -0.3 is 9.84 Å². The van der Waals surface area contributed by atoms with Crippen molar-refractivity contribution in [2.45, 2.75) is 31.8 Å². The quantitative estimate of drug-likeness (QED) is 0.570. The molecule has 1 aliphatic carbocycles. The second kappa shape index (κ2) is 3.11. The van der Waals surface area contributed by atoms with Gasteiger partial charge in [-0.05, 0) is 37.5 Å². The van der Waals surface area contributed by atoms with E-state index in [1.54, 1.807) is 0 Å². The molecule has 2 nitrogen and oxygen atoms in total. The predicted octanol–water partition coefficient (Wildman–Crippen LogP) is 1.18. The molecule has 0 amide bonds. The molecule has 0 spiro atoms. The minimum atomic E-state index is -0.0191. The molecule has 3 atom stereocenters. The van der Waals surface area contributed by atoms with Gasteiger partial charge in [0, 0.05) is 13.2 Å². The number of aliphatic hydroxyl groups is 1. The smallest absolute Gasteiger partial charge is 0.0543 e. The maximum atomic E-state index is 9.41. The molecule has 1 aliphatic heterocycles. The summed E-state index contributed by atoms with van der Waals surface area (Å²) < 4.78 is 5.39. The van der Waals surface area contributed by atoms with E-state index in [9.17, 15) is 5.11 Å². The molecular formula is C9H16O2. The zero-order valence-electron chi connectivity index (χ0n) is 6.83. The SMILES string of the molecule is OC1CCC2COCCC2C1. The first-order valence-electron chi connectivity index (χ1n) is 4.62. The molecule has 3 unspecified atom stereocenters. The summed E-state index contributed by atoms with van der Waals surface area (Å²) in [7, 11) is 0. The van der Waals surface area contributed by atoms with Crippen LogP contribution in [0.3, 0.4) is 0 Å². The molecule has 0 radical (unpaired) electrons. The van der Waals surface area contributed by atoms with Gasteiger partial charge in [0.05, 0.1) is 6.10 Å². The molecule has 1 N–H and O–H groups in total. The molecule has 0 aromatic heterocycles. The van der Waals surface area contributed by atoms with E-state index in [0.717, 1.165) is 37.9 Å². The van der Waals surface area contributed by atoms with Gasteiger partial charge in [0.1, 0.15) is 0 Å². The third-order valence-corrected chi connectivity index (χ3v) is 3.08. The molecule has 11 heavy (non-hydrogen) atoms. The molecule has 64 valence electrons. The summed E-state index contributed by atoms with van der Waals surface area (Å²) in [4.78, 5) is 0. The summed E-state index contributed by atoms with van der Waals surface area (Å²) in [6, 6.07) is 0. The monoisotopic (exact) mass is 156 g/mol. The average molecular weight is 156 g/mol. The summed E-state index contributed by atoms with van der Waals surface area (Å²) in [5.41, 5.74) is 0. The number of aliphatic hydroxyl groups excluding tert-OH is 1. The molecule has 1 heterocycles. The fourth-order valence-electron chi connectivity index (χ4n) is 2.34. The van der Waals surface area contributed by atoms with Crippen molar-refractivity contribution in [1.29, 1.82) is 0 Å². The Morgan fingerprint density at radius 2 is 2.00 bits per heavy atom. The molecule has 1 saturated carbocycles. The lowest BCUT2D eigenvalue weighted by Gasteiger charge is -2.37. The van der Waals surface area contributed by atoms with Gasteiger partial charge in [-0.1, -0.05) is 0 Å². The van der Waals surface area contributed by atoms with E-state index in [4.69, 9.17) is 4.74 Å². The lowest BCUT2D eigenvalue weighted by Crippen LogP contribution is -2.34. The van der Waals surface area contributed by atoms with Gasteiger partial charge in [0.2, 0.25) is 0 Å². The van der Waals surface area contributed by atoms with E-state index >= 15 is 0 Å². The Balaban J connectivity index is 1.93. The van der Waals surface area contributed by atoms with E-state index in [-0.39, 0.29) is 6.10 Å². The molecule has 2 aliphatic rings. The highest BCUT2D eigenvalue weighted by Crippen LogP contribution is 2.35. The number of hydrogen-bond acceptors (Lipinski definition) is 2. The van der Waals surface area contributed by atoms with Crippen molar-refractivity contribution in [3.63, 3.8) is 0 Å².